The number of hydrogen-bond donors (Lipinski definition) is 2. The molecule has 1 aliphatic rings. The molecular formula is C18H28N2O4. The van der Waals surface area contributed by atoms with Crippen LogP contribution in [0.2, 0.25) is 0 Å². The van der Waals surface area contributed by atoms with Crippen molar-refractivity contribution in [2.45, 2.75) is 26.3 Å². The molecule has 1 aromatic carbocycles. The lowest BCUT2D eigenvalue weighted by molar-refractivity contribution is -0.126. The van der Waals surface area contributed by atoms with Crippen molar-refractivity contribution >= 4 is 5.91 Å². The van der Waals surface area contributed by atoms with Crippen molar-refractivity contribution in [1.29, 1.82) is 0 Å². The van der Waals surface area contributed by atoms with Gasteiger partial charge in [0, 0.05) is 26.1 Å². The van der Waals surface area contributed by atoms with E-state index in [1.807, 2.05) is 19.1 Å². The van der Waals surface area contributed by atoms with Crippen LogP contribution in [0.5, 0.6) is 11.5 Å². The standard InChI is InChI=1S/C18H28N2O4/c1-3-24-17-12-14(4-5-16(17)21)13-20-9-6-15(7-10-20)18(22)19-8-11-23-2/h4-5,12,15,21H,3,6-11,13H2,1-2H3,(H,19,22). The van der Waals surface area contributed by atoms with Crippen LogP contribution in [0.3, 0.4) is 0 Å². The van der Waals surface area contributed by atoms with Crippen LogP contribution in [0, 0.1) is 5.92 Å². The van der Waals surface area contributed by atoms with E-state index in [0.717, 1.165) is 38.0 Å². The van der Waals surface area contributed by atoms with Gasteiger partial charge in [0.2, 0.25) is 5.91 Å². The summed E-state index contributed by atoms with van der Waals surface area (Å²) < 4.78 is 10.4. The average Bonchev–Trinajstić information content (AvgIpc) is 2.59. The topological polar surface area (TPSA) is 71.0 Å². The number of nitrogens with zero attached hydrogens (tertiary/aromatic N) is 1. The maximum absolute atomic E-state index is 12.1. The minimum atomic E-state index is 0.0944. The molecule has 0 atom stereocenters. The Morgan fingerprint density at radius 1 is 1.38 bits per heavy atom. The number of hydrogen-bond acceptors (Lipinski definition) is 5. The van der Waals surface area contributed by atoms with Gasteiger partial charge in [0.05, 0.1) is 13.2 Å². The fourth-order valence-electron chi connectivity index (χ4n) is 2.96. The molecule has 1 amide bonds. The number of ether oxygens (including phenoxy) is 2. The highest BCUT2D eigenvalue weighted by molar-refractivity contribution is 5.78. The predicted octanol–water partition coefficient (Wildman–Crippen LogP) is 1.77. The predicted molar refractivity (Wildman–Crippen MR) is 92.2 cm³/mol. The Labute approximate surface area is 143 Å². The molecule has 1 aliphatic heterocycles. The summed E-state index contributed by atoms with van der Waals surface area (Å²) in [6.07, 6.45) is 1.74. The number of carbonyl (C=O) groups is 1. The van der Waals surface area contributed by atoms with E-state index in [0.29, 0.717) is 25.5 Å². The maximum atomic E-state index is 12.1. The van der Waals surface area contributed by atoms with Gasteiger partial charge in [-0.3, -0.25) is 9.69 Å². The second-order valence-corrected chi connectivity index (χ2v) is 6.07. The highest BCUT2D eigenvalue weighted by Gasteiger charge is 2.24. The number of carbonyl (C=O) groups excluding carboxylic acids is 1. The first-order chi connectivity index (χ1) is 11.6. The summed E-state index contributed by atoms with van der Waals surface area (Å²) in [7, 11) is 1.63. The second-order valence-electron chi connectivity index (χ2n) is 6.07. The van der Waals surface area contributed by atoms with Crippen LogP contribution < -0.4 is 10.1 Å². The molecule has 0 spiro atoms. The van der Waals surface area contributed by atoms with Gasteiger partial charge < -0.3 is 19.9 Å². The van der Waals surface area contributed by atoms with E-state index in [1.54, 1.807) is 13.2 Å². The molecule has 0 bridgehead atoms. The van der Waals surface area contributed by atoms with E-state index in [2.05, 4.69) is 10.2 Å². The van der Waals surface area contributed by atoms with Gasteiger partial charge in [0.25, 0.3) is 0 Å². The molecule has 1 saturated heterocycles. The largest absolute Gasteiger partial charge is 0.504 e. The lowest BCUT2D eigenvalue weighted by Gasteiger charge is -2.31. The SMILES string of the molecule is CCOc1cc(CN2CCC(C(=O)NCCOC)CC2)ccc1O. The van der Waals surface area contributed by atoms with Crippen LogP contribution in [-0.4, -0.2) is 55.9 Å². The first-order valence-corrected chi connectivity index (χ1v) is 8.57. The van der Waals surface area contributed by atoms with E-state index in [-0.39, 0.29) is 17.6 Å². The monoisotopic (exact) mass is 336 g/mol. The first kappa shape index (κ1) is 18.5. The molecule has 1 heterocycles. The van der Waals surface area contributed by atoms with Crippen LogP contribution in [0.4, 0.5) is 0 Å². The van der Waals surface area contributed by atoms with Crippen molar-refractivity contribution in [3.05, 3.63) is 23.8 Å². The minimum Gasteiger partial charge on any atom is -0.504 e. The molecule has 1 aromatic rings. The second kappa shape index (κ2) is 9.49. The third-order valence-electron chi connectivity index (χ3n) is 4.29. The zero-order chi connectivity index (χ0) is 17.4. The van der Waals surface area contributed by atoms with Crippen LogP contribution >= 0.6 is 0 Å². The average molecular weight is 336 g/mol. The van der Waals surface area contributed by atoms with Crippen LogP contribution in [-0.2, 0) is 16.1 Å². The summed E-state index contributed by atoms with van der Waals surface area (Å²) >= 11 is 0. The number of piperidine rings is 1. The van der Waals surface area contributed by atoms with Gasteiger partial charge >= 0.3 is 0 Å². The Morgan fingerprint density at radius 2 is 2.12 bits per heavy atom. The van der Waals surface area contributed by atoms with E-state index < -0.39 is 0 Å². The smallest absolute Gasteiger partial charge is 0.223 e. The van der Waals surface area contributed by atoms with Crippen molar-refractivity contribution < 1.29 is 19.4 Å². The maximum Gasteiger partial charge on any atom is 0.223 e. The van der Waals surface area contributed by atoms with Crippen LogP contribution in [0.15, 0.2) is 18.2 Å². The van der Waals surface area contributed by atoms with Gasteiger partial charge in [-0.25, -0.2) is 0 Å². The minimum absolute atomic E-state index is 0.0944. The Kier molecular flexibility index (Phi) is 7.34. The summed E-state index contributed by atoms with van der Waals surface area (Å²) in [5.74, 6) is 0.932. The van der Waals surface area contributed by atoms with Crippen molar-refractivity contribution in [2.75, 3.05) is 40.0 Å². The Bertz CT molecular complexity index is 528. The fraction of sp³-hybridized carbons (Fsp3) is 0.611. The molecule has 0 unspecified atom stereocenters. The number of rotatable bonds is 8. The number of nitrogens with one attached hydrogen (secondary N) is 1. The fourth-order valence-corrected chi connectivity index (χ4v) is 2.96. The summed E-state index contributed by atoms with van der Waals surface area (Å²) in [6.45, 7) is 6.14. The molecule has 0 saturated carbocycles. The molecule has 24 heavy (non-hydrogen) atoms. The molecule has 1 fully saturated rings. The zero-order valence-electron chi connectivity index (χ0n) is 14.6. The first-order valence-electron chi connectivity index (χ1n) is 8.57. The number of phenols is 1. The summed E-state index contributed by atoms with van der Waals surface area (Å²) in [4.78, 5) is 14.4. The highest BCUT2D eigenvalue weighted by Crippen LogP contribution is 2.28. The molecule has 6 nitrogen and oxygen atoms in total. The van der Waals surface area contributed by atoms with Crippen LogP contribution in [0.1, 0.15) is 25.3 Å². The Hall–Kier alpha value is -1.79. The molecule has 2 N–H and O–H groups in total. The molecule has 0 radical (unpaired) electrons. The highest BCUT2D eigenvalue weighted by atomic mass is 16.5. The van der Waals surface area contributed by atoms with E-state index in [9.17, 15) is 9.90 Å². The molecule has 6 heteroatoms. The quantitative estimate of drug-likeness (QED) is 0.708. The third kappa shape index (κ3) is 5.39. The number of amides is 1. The van der Waals surface area contributed by atoms with E-state index in [1.165, 1.54) is 0 Å². The van der Waals surface area contributed by atoms with Gasteiger partial charge in [-0.1, -0.05) is 6.07 Å². The van der Waals surface area contributed by atoms with Crippen molar-refractivity contribution in [1.82, 2.24) is 10.2 Å². The van der Waals surface area contributed by atoms with Crippen molar-refractivity contribution in [3.63, 3.8) is 0 Å². The molecule has 0 aromatic heterocycles. The molecule has 0 aliphatic carbocycles. The van der Waals surface area contributed by atoms with Gasteiger partial charge in [0.15, 0.2) is 11.5 Å². The van der Waals surface area contributed by atoms with E-state index in [4.69, 9.17) is 9.47 Å². The van der Waals surface area contributed by atoms with Crippen LogP contribution in [0.25, 0.3) is 0 Å². The van der Waals surface area contributed by atoms with E-state index >= 15 is 0 Å². The van der Waals surface area contributed by atoms with Gasteiger partial charge in [-0.05, 0) is 50.6 Å². The number of benzene rings is 1. The van der Waals surface area contributed by atoms with Gasteiger partial charge in [-0.15, -0.1) is 0 Å². The molecule has 2 rings (SSSR count). The third-order valence-corrected chi connectivity index (χ3v) is 4.29. The number of methoxy groups -OCH3 is 1. The zero-order valence-corrected chi connectivity index (χ0v) is 14.6. The van der Waals surface area contributed by atoms with Crippen molar-refractivity contribution in [2.24, 2.45) is 5.92 Å². The molecular weight excluding hydrogens is 308 g/mol. The number of phenolic OH excluding ortho intramolecular Hbond substituents is 1. The van der Waals surface area contributed by atoms with Gasteiger partial charge in [-0.2, -0.15) is 0 Å². The lowest BCUT2D eigenvalue weighted by atomic mass is 9.95. The Balaban J connectivity index is 1.80. The summed E-state index contributed by atoms with van der Waals surface area (Å²) in [5, 5.41) is 12.7. The van der Waals surface area contributed by atoms with Gasteiger partial charge in [0.1, 0.15) is 0 Å². The lowest BCUT2D eigenvalue weighted by Crippen LogP contribution is -2.41. The number of aromatic hydroxyl groups is 1. The Morgan fingerprint density at radius 3 is 2.79 bits per heavy atom. The summed E-state index contributed by atoms with van der Waals surface area (Å²) in [6, 6.07) is 5.49. The summed E-state index contributed by atoms with van der Waals surface area (Å²) in [5.41, 5.74) is 1.11. The van der Waals surface area contributed by atoms with Crippen molar-refractivity contribution in [3.8, 4) is 11.5 Å². The number of likely N-dealkylation sites (tertiary alicyclic amines) is 1. The normalized spacial score (nSPS) is 16.1. The molecule has 134 valence electrons.